The van der Waals surface area contributed by atoms with Crippen LogP contribution in [0.1, 0.15) is 31.7 Å². The molecule has 2 aliphatic heterocycles. The summed E-state index contributed by atoms with van der Waals surface area (Å²) >= 11 is 0. The van der Waals surface area contributed by atoms with Gasteiger partial charge in [0.15, 0.2) is 0 Å². The number of nitriles is 1. The van der Waals surface area contributed by atoms with Gasteiger partial charge >= 0.3 is 0 Å². The average molecular weight is 377 g/mol. The van der Waals surface area contributed by atoms with Gasteiger partial charge in [0.25, 0.3) is 0 Å². The molecule has 5 rings (SSSR count). The summed E-state index contributed by atoms with van der Waals surface area (Å²) in [5.41, 5.74) is 1.41. The van der Waals surface area contributed by atoms with Crippen molar-refractivity contribution < 1.29 is 4.79 Å². The third kappa shape index (κ3) is 4.02. The van der Waals surface area contributed by atoms with Crippen molar-refractivity contribution in [1.29, 1.82) is 5.26 Å². The fourth-order valence-electron chi connectivity index (χ4n) is 4.79. The van der Waals surface area contributed by atoms with Crippen LogP contribution in [0.3, 0.4) is 0 Å². The van der Waals surface area contributed by atoms with E-state index in [1.54, 1.807) is 12.3 Å². The SMILES string of the molecule is CC1CCCN(C(=O)CC2C3CNCC32)C1.N#Cc1cccc2cccnc12. The summed E-state index contributed by atoms with van der Waals surface area (Å²) in [6, 6.07) is 11.5. The lowest BCUT2D eigenvalue weighted by atomic mass is 9.99. The molecule has 3 fully saturated rings. The zero-order chi connectivity index (χ0) is 19.5. The number of nitrogens with zero attached hydrogens (tertiary/aromatic N) is 3. The van der Waals surface area contributed by atoms with Crippen molar-refractivity contribution in [2.24, 2.45) is 23.7 Å². The summed E-state index contributed by atoms with van der Waals surface area (Å²) in [6.07, 6.45) is 5.02. The number of likely N-dealkylation sites (tertiary alicyclic amines) is 1. The standard InChI is InChI=1S/C13H22N2O.C10H6N2/c1-9-3-2-4-15(8-9)13(16)5-10-11-6-14-7-12(10)11;11-7-9-4-1-3-8-5-2-6-12-10(8)9/h9-12,14H,2-8H2,1H3;1-6H. The number of nitrogens with one attached hydrogen (secondary N) is 1. The molecule has 1 aromatic carbocycles. The second-order valence-electron chi connectivity index (χ2n) is 8.43. The lowest BCUT2D eigenvalue weighted by Gasteiger charge is -2.31. The van der Waals surface area contributed by atoms with Crippen molar-refractivity contribution >= 4 is 16.8 Å². The first-order chi connectivity index (χ1) is 13.7. The maximum atomic E-state index is 12.1. The van der Waals surface area contributed by atoms with Crippen LogP contribution >= 0.6 is 0 Å². The molecule has 2 aromatic rings. The van der Waals surface area contributed by atoms with Gasteiger partial charge in [-0.2, -0.15) is 5.26 Å². The average Bonchev–Trinajstić information content (AvgIpc) is 3.13. The van der Waals surface area contributed by atoms with Crippen LogP contribution in [0.25, 0.3) is 10.9 Å². The van der Waals surface area contributed by atoms with Crippen LogP contribution in [0, 0.1) is 35.0 Å². The smallest absolute Gasteiger partial charge is 0.222 e. The molecule has 3 unspecified atom stereocenters. The first-order valence-electron chi connectivity index (χ1n) is 10.4. The topological polar surface area (TPSA) is 69.0 Å². The molecular weight excluding hydrogens is 348 g/mol. The number of carbonyl (C=O) groups excluding carboxylic acids is 1. The molecule has 146 valence electrons. The summed E-state index contributed by atoms with van der Waals surface area (Å²) in [5.74, 6) is 3.49. The van der Waals surface area contributed by atoms with E-state index in [0.717, 1.165) is 55.3 Å². The lowest BCUT2D eigenvalue weighted by Crippen LogP contribution is -2.39. The highest BCUT2D eigenvalue weighted by atomic mass is 16.2. The third-order valence-corrected chi connectivity index (χ3v) is 6.44. The molecule has 0 bridgehead atoms. The Morgan fingerprint density at radius 3 is 2.82 bits per heavy atom. The molecule has 5 heteroatoms. The number of pyridine rings is 1. The lowest BCUT2D eigenvalue weighted by molar-refractivity contribution is -0.133. The van der Waals surface area contributed by atoms with E-state index in [0.29, 0.717) is 23.3 Å². The Kier molecular flexibility index (Phi) is 5.59. The molecule has 1 amide bonds. The Balaban J connectivity index is 0.000000143. The molecule has 28 heavy (non-hydrogen) atoms. The van der Waals surface area contributed by atoms with Gasteiger partial charge in [0.1, 0.15) is 6.07 Å². The molecule has 3 heterocycles. The summed E-state index contributed by atoms with van der Waals surface area (Å²) in [6.45, 7) is 6.57. The predicted octanol–water partition coefficient (Wildman–Crippen LogP) is 3.21. The van der Waals surface area contributed by atoms with Gasteiger partial charge in [-0.15, -0.1) is 0 Å². The molecule has 3 aliphatic rings. The monoisotopic (exact) mass is 376 g/mol. The second-order valence-corrected chi connectivity index (χ2v) is 8.43. The van der Waals surface area contributed by atoms with Gasteiger partial charge < -0.3 is 10.2 Å². The van der Waals surface area contributed by atoms with Crippen LogP contribution in [-0.4, -0.2) is 42.0 Å². The van der Waals surface area contributed by atoms with Crippen molar-refractivity contribution in [3.63, 3.8) is 0 Å². The first kappa shape index (κ1) is 18.9. The largest absolute Gasteiger partial charge is 0.342 e. The number of rotatable bonds is 2. The van der Waals surface area contributed by atoms with Gasteiger partial charge in [-0.05, 0) is 61.7 Å². The Labute approximate surface area is 166 Å². The maximum Gasteiger partial charge on any atom is 0.222 e. The number of para-hydroxylation sites is 1. The fourth-order valence-corrected chi connectivity index (χ4v) is 4.79. The van der Waals surface area contributed by atoms with E-state index in [-0.39, 0.29) is 0 Å². The molecule has 1 aliphatic carbocycles. The number of hydrogen-bond acceptors (Lipinski definition) is 4. The number of carbonyl (C=O) groups is 1. The maximum absolute atomic E-state index is 12.1. The van der Waals surface area contributed by atoms with E-state index in [1.165, 1.54) is 12.8 Å². The predicted molar refractivity (Wildman–Crippen MR) is 109 cm³/mol. The van der Waals surface area contributed by atoms with Crippen molar-refractivity contribution in [2.75, 3.05) is 26.2 Å². The molecule has 2 saturated heterocycles. The van der Waals surface area contributed by atoms with Gasteiger partial charge in [0, 0.05) is 31.1 Å². The van der Waals surface area contributed by atoms with E-state index < -0.39 is 0 Å². The molecule has 0 spiro atoms. The molecule has 1 saturated carbocycles. The molecule has 3 atom stereocenters. The van der Waals surface area contributed by atoms with E-state index in [1.807, 2.05) is 24.3 Å². The van der Waals surface area contributed by atoms with Gasteiger partial charge in [0.05, 0.1) is 11.1 Å². The van der Waals surface area contributed by atoms with Crippen LogP contribution < -0.4 is 5.32 Å². The molecule has 0 radical (unpaired) electrons. The quantitative estimate of drug-likeness (QED) is 0.874. The van der Waals surface area contributed by atoms with Crippen LogP contribution in [0.4, 0.5) is 0 Å². The number of amides is 1. The third-order valence-electron chi connectivity index (χ3n) is 6.44. The second kappa shape index (κ2) is 8.28. The minimum Gasteiger partial charge on any atom is -0.342 e. The number of piperidine rings is 2. The number of aromatic nitrogens is 1. The zero-order valence-corrected chi connectivity index (χ0v) is 16.5. The van der Waals surface area contributed by atoms with Crippen molar-refractivity contribution in [3.05, 3.63) is 42.1 Å². The fraction of sp³-hybridized carbons (Fsp3) is 0.522. The Morgan fingerprint density at radius 1 is 1.29 bits per heavy atom. The Bertz CT molecular complexity index is 874. The van der Waals surface area contributed by atoms with Crippen molar-refractivity contribution in [3.8, 4) is 6.07 Å². The van der Waals surface area contributed by atoms with Gasteiger partial charge in [-0.3, -0.25) is 9.78 Å². The zero-order valence-electron chi connectivity index (χ0n) is 16.5. The first-order valence-corrected chi connectivity index (χ1v) is 10.4. The summed E-state index contributed by atoms with van der Waals surface area (Å²) in [5, 5.41) is 13.1. The van der Waals surface area contributed by atoms with Gasteiger partial charge in [0.2, 0.25) is 5.91 Å². The minimum absolute atomic E-state index is 0.422. The molecule has 1 N–H and O–H groups in total. The summed E-state index contributed by atoms with van der Waals surface area (Å²) in [4.78, 5) is 18.4. The van der Waals surface area contributed by atoms with Crippen LogP contribution in [0.5, 0.6) is 0 Å². The van der Waals surface area contributed by atoms with Crippen molar-refractivity contribution in [2.45, 2.75) is 26.2 Å². The number of fused-ring (bicyclic) bond motifs is 2. The van der Waals surface area contributed by atoms with E-state index in [2.05, 4.69) is 28.2 Å². The Hall–Kier alpha value is -2.45. The minimum atomic E-state index is 0.422. The molecular formula is C23H28N4O. The van der Waals surface area contributed by atoms with Gasteiger partial charge in [-0.25, -0.2) is 0 Å². The van der Waals surface area contributed by atoms with Crippen LogP contribution in [0.2, 0.25) is 0 Å². The van der Waals surface area contributed by atoms with E-state index in [9.17, 15) is 4.79 Å². The number of benzene rings is 1. The summed E-state index contributed by atoms with van der Waals surface area (Å²) in [7, 11) is 0. The van der Waals surface area contributed by atoms with E-state index >= 15 is 0 Å². The highest BCUT2D eigenvalue weighted by Crippen LogP contribution is 2.50. The van der Waals surface area contributed by atoms with Crippen molar-refractivity contribution in [1.82, 2.24) is 15.2 Å². The molecule has 5 nitrogen and oxygen atoms in total. The normalized spacial score (nSPS) is 28.1. The summed E-state index contributed by atoms with van der Waals surface area (Å²) < 4.78 is 0. The highest BCUT2D eigenvalue weighted by Gasteiger charge is 2.53. The number of hydrogen-bond donors (Lipinski definition) is 1. The Morgan fingerprint density at radius 2 is 2.07 bits per heavy atom. The highest BCUT2D eigenvalue weighted by molar-refractivity contribution is 5.83. The van der Waals surface area contributed by atoms with Crippen LogP contribution in [-0.2, 0) is 4.79 Å². The molecule has 1 aromatic heterocycles. The van der Waals surface area contributed by atoms with Gasteiger partial charge in [-0.1, -0.05) is 25.1 Å². The van der Waals surface area contributed by atoms with E-state index in [4.69, 9.17) is 5.26 Å². The van der Waals surface area contributed by atoms with Crippen LogP contribution in [0.15, 0.2) is 36.5 Å².